The van der Waals surface area contributed by atoms with Gasteiger partial charge >= 0.3 is 5.97 Å². The van der Waals surface area contributed by atoms with Gasteiger partial charge in [-0.15, -0.1) is 0 Å². The number of carbonyl (C=O) groups is 2. The molecule has 0 atom stereocenters. The lowest BCUT2D eigenvalue weighted by molar-refractivity contribution is -0.137. The highest BCUT2D eigenvalue weighted by molar-refractivity contribution is 5.72. The SMILES string of the molecule is C.CC.CC.CC(C)=O.COC(C)=O. The molecule has 3 nitrogen and oxygen atoms in total. The molecule has 14 heavy (non-hydrogen) atoms. The molecule has 0 amide bonds. The second kappa shape index (κ2) is 40.0. The molecule has 0 aromatic carbocycles. The molecule has 0 aliphatic rings. The minimum Gasteiger partial charge on any atom is -0.469 e. The molecule has 0 heterocycles. The molecule has 90 valence electrons. The average molecular weight is 208 g/mol. The van der Waals surface area contributed by atoms with E-state index in [0.717, 1.165) is 0 Å². The van der Waals surface area contributed by atoms with Crippen LogP contribution in [0.1, 0.15) is 55.9 Å². The standard InChI is InChI=1S/C3H6O2.C3H6O.2C2H6.CH4/c1-3(4)5-2;1-3(2)4;2*1-2;/h1-2H3;1-2H3;2*1-2H3;1H4. The number of rotatable bonds is 0. The molecular formula is C11H28O3. The van der Waals surface area contributed by atoms with E-state index in [1.165, 1.54) is 27.9 Å². The fraction of sp³-hybridized carbons (Fsp3) is 0.818. The number of esters is 1. The number of ketones is 1. The van der Waals surface area contributed by atoms with Crippen LogP contribution in [-0.2, 0) is 14.3 Å². The quantitative estimate of drug-likeness (QED) is 0.572. The van der Waals surface area contributed by atoms with Crippen molar-refractivity contribution in [1.29, 1.82) is 0 Å². The Morgan fingerprint density at radius 3 is 0.929 bits per heavy atom. The highest BCUT2D eigenvalue weighted by Gasteiger charge is 1.75. The van der Waals surface area contributed by atoms with Crippen molar-refractivity contribution in [3.63, 3.8) is 0 Å². The van der Waals surface area contributed by atoms with E-state index in [1.807, 2.05) is 27.7 Å². The lowest BCUT2D eigenvalue weighted by atomic mass is 10.6. The summed E-state index contributed by atoms with van der Waals surface area (Å²) in [5.41, 5.74) is 0. The zero-order chi connectivity index (χ0) is 11.9. The van der Waals surface area contributed by atoms with Crippen molar-refractivity contribution in [1.82, 2.24) is 0 Å². The first-order chi connectivity index (χ1) is 6.00. The van der Waals surface area contributed by atoms with Gasteiger partial charge in [0.25, 0.3) is 0 Å². The van der Waals surface area contributed by atoms with Gasteiger partial charge < -0.3 is 9.53 Å². The van der Waals surface area contributed by atoms with Crippen molar-refractivity contribution in [2.24, 2.45) is 0 Å². The van der Waals surface area contributed by atoms with Gasteiger partial charge in [0.2, 0.25) is 0 Å². The molecule has 0 saturated heterocycles. The summed E-state index contributed by atoms with van der Waals surface area (Å²) in [7, 11) is 1.35. The third-order valence-corrected chi connectivity index (χ3v) is 0.287. The maximum absolute atomic E-state index is 9.59. The van der Waals surface area contributed by atoms with Crippen molar-refractivity contribution in [2.75, 3.05) is 7.11 Å². The van der Waals surface area contributed by atoms with Crippen molar-refractivity contribution in [3.8, 4) is 0 Å². The largest absolute Gasteiger partial charge is 0.469 e. The molecule has 0 spiro atoms. The molecule has 3 heteroatoms. The zero-order valence-electron chi connectivity index (χ0n) is 10.2. The normalized spacial score (nSPS) is 5.14. The van der Waals surface area contributed by atoms with Gasteiger partial charge in [0, 0.05) is 6.92 Å². The maximum Gasteiger partial charge on any atom is 0.302 e. The minimum atomic E-state index is -0.245. The fourth-order valence-corrected chi connectivity index (χ4v) is 0. The predicted molar refractivity (Wildman–Crippen MR) is 63.5 cm³/mol. The van der Waals surface area contributed by atoms with Crippen LogP contribution in [0.15, 0.2) is 0 Å². The Bertz CT molecular complexity index is 94.7. The highest BCUT2D eigenvalue weighted by atomic mass is 16.5. The lowest BCUT2D eigenvalue weighted by Crippen LogP contribution is -1.88. The van der Waals surface area contributed by atoms with Crippen LogP contribution in [0.2, 0.25) is 0 Å². The predicted octanol–water partition coefficient (Wildman–Crippen LogP) is 3.46. The van der Waals surface area contributed by atoms with E-state index in [4.69, 9.17) is 0 Å². The molecule has 0 aliphatic heterocycles. The molecule has 0 rings (SSSR count). The topological polar surface area (TPSA) is 43.4 Å². The Labute approximate surface area is 89.8 Å². The Kier molecular flexibility index (Phi) is 83.4. The van der Waals surface area contributed by atoms with Crippen LogP contribution in [-0.4, -0.2) is 18.9 Å². The molecule has 0 fully saturated rings. The summed E-state index contributed by atoms with van der Waals surface area (Å²) < 4.78 is 4.11. The van der Waals surface area contributed by atoms with Gasteiger partial charge in [-0.1, -0.05) is 35.1 Å². The van der Waals surface area contributed by atoms with Gasteiger partial charge in [-0.05, 0) is 13.8 Å². The summed E-state index contributed by atoms with van der Waals surface area (Å²) in [5, 5.41) is 0. The molecule has 0 aromatic rings. The highest BCUT2D eigenvalue weighted by Crippen LogP contribution is 1.60. The molecular weight excluding hydrogens is 180 g/mol. The van der Waals surface area contributed by atoms with Gasteiger partial charge in [0.1, 0.15) is 5.78 Å². The lowest BCUT2D eigenvalue weighted by Gasteiger charge is -1.80. The fourth-order valence-electron chi connectivity index (χ4n) is 0. The number of ether oxygens (including phenoxy) is 1. The summed E-state index contributed by atoms with van der Waals surface area (Å²) in [6.45, 7) is 12.4. The van der Waals surface area contributed by atoms with E-state index >= 15 is 0 Å². The smallest absolute Gasteiger partial charge is 0.302 e. The first-order valence-electron chi connectivity index (χ1n) is 4.52. The second-order valence-corrected chi connectivity index (χ2v) is 1.60. The van der Waals surface area contributed by atoms with Crippen LogP contribution in [0.3, 0.4) is 0 Å². The number of methoxy groups -OCH3 is 1. The third kappa shape index (κ3) is 881. The van der Waals surface area contributed by atoms with Gasteiger partial charge in [-0.25, -0.2) is 0 Å². The van der Waals surface area contributed by atoms with Gasteiger partial charge in [0.05, 0.1) is 7.11 Å². The van der Waals surface area contributed by atoms with Crippen molar-refractivity contribution >= 4 is 11.8 Å². The summed E-state index contributed by atoms with van der Waals surface area (Å²) in [4.78, 5) is 19.0. The van der Waals surface area contributed by atoms with E-state index < -0.39 is 0 Å². The van der Waals surface area contributed by atoms with Crippen LogP contribution in [0, 0.1) is 0 Å². The molecule has 0 unspecified atom stereocenters. The Morgan fingerprint density at radius 2 is 0.929 bits per heavy atom. The summed E-state index contributed by atoms with van der Waals surface area (Å²) in [5.74, 6) is -0.0787. The van der Waals surface area contributed by atoms with Gasteiger partial charge in [-0.2, -0.15) is 0 Å². The number of hydrogen-bond donors (Lipinski definition) is 0. The van der Waals surface area contributed by atoms with E-state index in [0.29, 0.717) is 0 Å². The Hall–Kier alpha value is -0.860. The summed E-state index contributed by atoms with van der Waals surface area (Å²) in [6, 6.07) is 0. The van der Waals surface area contributed by atoms with Crippen molar-refractivity contribution in [2.45, 2.75) is 55.9 Å². The van der Waals surface area contributed by atoms with Gasteiger partial charge in [0.15, 0.2) is 0 Å². The van der Waals surface area contributed by atoms with Crippen LogP contribution >= 0.6 is 0 Å². The number of hydrogen-bond acceptors (Lipinski definition) is 3. The monoisotopic (exact) mass is 208 g/mol. The van der Waals surface area contributed by atoms with E-state index in [9.17, 15) is 9.59 Å². The maximum atomic E-state index is 9.59. The summed E-state index contributed by atoms with van der Waals surface area (Å²) >= 11 is 0. The minimum absolute atomic E-state index is 0. The Balaban J connectivity index is -0.0000000273. The molecule has 0 aromatic heterocycles. The van der Waals surface area contributed by atoms with E-state index in [1.54, 1.807) is 0 Å². The van der Waals surface area contributed by atoms with E-state index in [2.05, 4.69) is 4.74 Å². The summed E-state index contributed by atoms with van der Waals surface area (Å²) in [6.07, 6.45) is 0. The molecule has 0 N–H and O–H groups in total. The zero-order valence-corrected chi connectivity index (χ0v) is 10.2. The number of carbonyl (C=O) groups excluding carboxylic acids is 2. The number of Topliss-reactive ketones (excluding diaryl/α,β-unsaturated/α-hetero) is 1. The molecule has 0 bridgehead atoms. The molecule has 0 radical (unpaired) electrons. The first kappa shape index (κ1) is 29.2. The second-order valence-electron chi connectivity index (χ2n) is 1.60. The first-order valence-corrected chi connectivity index (χ1v) is 4.52. The third-order valence-electron chi connectivity index (χ3n) is 0.287. The molecule has 0 saturated carbocycles. The average Bonchev–Trinajstić information content (AvgIpc) is 2.10. The van der Waals surface area contributed by atoms with E-state index in [-0.39, 0.29) is 19.2 Å². The Morgan fingerprint density at radius 1 is 0.857 bits per heavy atom. The molecule has 0 aliphatic carbocycles. The van der Waals surface area contributed by atoms with Crippen molar-refractivity contribution in [3.05, 3.63) is 0 Å². The van der Waals surface area contributed by atoms with Crippen LogP contribution in [0.4, 0.5) is 0 Å². The van der Waals surface area contributed by atoms with Crippen molar-refractivity contribution < 1.29 is 14.3 Å². The van der Waals surface area contributed by atoms with Crippen LogP contribution in [0.25, 0.3) is 0 Å². The van der Waals surface area contributed by atoms with Crippen LogP contribution < -0.4 is 0 Å². The van der Waals surface area contributed by atoms with Crippen LogP contribution in [0.5, 0.6) is 0 Å². The van der Waals surface area contributed by atoms with Gasteiger partial charge in [-0.3, -0.25) is 4.79 Å².